The Hall–Kier alpha value is -0.860. The molecule has 2 heteroatoms. The standard InChI is InChI=1S/C14H24N2/c1-11(2)12(3)16(4)14(10-15)13-8-6-5-7-9-13/h5-9,11-12,14H,10,15H2,1-4H3. The zero-order valence-electron chi connectivity index (χ0n) is 10.9. The summed E-state index contributed by atoms with van der Waals surface area (Å²) >= 11 is 0. The van der Waals surface area contributed by atoms with Gasteiger partial charge in [-0.15, -0.1) is 0 Å². The molecule has 0 fully saturated rings. The van der Waals surface area contributed by atoms with E-state index in [4.69, 9.17) is 5.73 Å². The molecule has 0 aliphatic heterocycles. The predicted octanol–water partition coefficient (Wildman–Crippen LogP) is 2.66. The molecule has 16 heavy (non-hydrogen) atoms. The van der Waals surface area contributed by atoms with Crippen LogP contribution in [0.15, 0.2) is 30.3 Å². The van der Waals surface area contributed by atoms with Crippen LogP contribution >= 0.6 is 0 Å². The summed E-state index contributed by atoms with van der Waals surface area (Å²) in [5, 5.41) is 0. The van der Waals surface area contributed by atoms with Crippen LogP contribution in [0.3, 0.4) is 0 Å². The molecule has 0 radical (unpaired) electrons. The lowest BCUT2D eigenvalue weighted by molar-refractivity contribution is 0.152. The SMILES string of the molecule is CC(C)C(C)N(C)C(CN)c1ccccc1. The van der Waals surface area contributed by atoms with Gasteiger partial charge in [-0.2, -0.15) is 0 Å². The van der Waals surface area contributed by atoms with E-state index in [0.717, 1.165) is 0 Å². The van der Waals surface area contributed by atoms with E-state index in [-0.39, 0.29) is 0 Å². The maximum Gasteiger partial charge on any atom is 0.0470 e. The monoisotopic (exact) mass is 220 g/mol. The first-order valence-corrected chi connectivity index (χ1v) is 6.04. The second kappa shape index (κ2) is 6.02. The predicted molar refractivity (Wildman–Crippen MR) is 70.3 cm³/mol. The van der Waals surface area contributed by atoms with E-state index in [2.05, 4.69) is 57.0 Å². The van der Waals surface area contributed by atoms with Gasteiger partial charge in [-0.1, -0.05) is 44.2 Å². The number of rotatable bonds is 5. The lowest BCUT2D eigenvalue weighted by atomic mass is 9.99. The molecule has 2 atom stereocenters. The van der Waals surface area contributed by atoms with E-state index in [1.165, 1.54) is 5.56 Å². The lowest BCUT2D eigenvalue weighted by Crippen LogP contribution is -2.39. The van der Waals surface area contributed by atoms with Crippen LogP contribution in [0.1, 0.15) is 32.4 Å². The van der Waals surface area contributed by atoms with Crippen molar-refractivity contribution in [2.75, 3.05) is 13.6 Å². The molecule has 0 aromatic heterocycles. The highest BCUT2D eigenvalue weighted by Crippen LogP contribution is 2.22. The third kappa shape index (κ3) is 3.06. The highest BCUT2D eigenvalue weighted by atomic mass is 15.2. The molecule has 0 amide bonds. The number of nitrogens with zero attached hydrogens (tertiary/aromatic N) is 1. The maximum atomic E-state index is 5.90. The van der Waals surface area contributed by atoms with Gasteiger partial charge in [-0.25, -0.2) is 0 Å². The van der Waals surface area contributed by atoms with E-state index in [1.807, 2.05) is 6.07 Å². The number of hydrogen-bond acceptors (Lipinski definition) is 2. The topological polar surface area (TPSA) is 29.3 Å². The molecule has 1 rings (SSSR count). The van der Waals surface area contributed by atoms with Gasteiger partial charge in [0.25, 0.3) is 0 Å². The van der Waals surface area contributed by atoms with Gasteiger partial charge in [0.15, 0.2) is 0 Å². The van der Waals surface area contributed by atoms with Crippen molar-refractivity contribution in [2.45, 2.75) is 32.9 Å². The van der Waals surface area contributed by atoms with Gasteiger partial charge in [0.1, 0.15) is 0 Å². The largest absolute Gasteiger partial charge is 0.329 e. The first kappa shape index (κ1) is 13.2. The summed E-state index contributed by atoms with van der Waals surface area (Å²) in [6.07, 6.45) is 0. The van der Waals surface area contributed by atoms with E-state index >= 15 is 0 Å². The third-order valence-electron chi connectivity index (χ3n) is 3.51. The van der Waals surface area contributed by atoms with E-state index in [1.54, 1.807) is 0 Å². The first-order valence-electron chi connectivity index (χ1n) is 6.04. The number of hydrogen-bond donors (Lipinski definition) is 1. The van der Waals surface area contributed by atoms with Crippen molar-refractivity contribution in [3.8, 4) is 0 Å². The zero-order valence-corrected chi connectivity index (χ0v) is 10.9. The Bertz CT molecular complexity index is 295. The molecule has 0 bridgehead atoms. The highest BCUT2D eigenvalue weighted by Gasteiger charge is 2.21. The Morgan fingerprint density at radius 3 is 2.12 bits per heavy atom. The second-order valence-corrected chi connectivity index (χ2v) is 4.81. The minimum Gasteiger partial charge on any atom is -0.329 e. The Morgan fingerprint density at radius 1 is 1.12 bits per heavy atom. The summed E-state index contributed by atoms with van der Waals surface area (Å²) in [6.45, 7) is 7.42. The number of benzene rings is 1. The molecule has 0 heterocycles. The third-order valence-corrected chi connectivity index (χ3v) is 3.51. The van der Waals surface area contributed by atoms with Gasteiger partial charge in [-0.3, -0.25) is 4.90 Å². The molecule has 0 spiro atoms. The fourth-order valence-corrected chi connectivity index (χ4v) is 1.97. The van der Waals surface area contributed by atoms with Crippen LogP contribution in [-0.2, 0) is 0 Å². The molecule has 2 nitrogen and oxygen atoms in total. The Morgan fingerprint density at radius 2 is 1.69 bits per heavy atom. The quantitative estimate of drug-likeness (QED) is 0.826. The van der Waals surface area contributed by atoms with E-state index in [9.17, 15) is 0 Å². The van der Waals surface area contributed by atoms with Gasteiger partial charge < -0.3 is 5.73 Å². The van der Waals surface area contributed by atoms with Crippen LogP contribution in [-0.4, -0.2) is 24.5 Å². The van der Waals surface area contributed by atoms with Crippen molar-refractivity contribution >= 4 is 0 Å². The highest BCUT2D eigenvalue weighted by molar-refractivity contribution is 5.19. The molecule has 0 saturated carbocycles. The molecule has 2 N–H and O–H groups in total. The van der Waals surface area contributed by atoms with Crippen LogP contribution in [0, 0.1) is 5.92 Å². The maximum absolute atomic E-state index is 5.90. The Kier molecular flexibility index (Phi) is 4.97. The Balaban J connectivity index is 2.83. The summed E-state index contributed by atoms with van der Waals surface area (Å²) in [7, 11) is 2.16. The van der Waals surface area contributed by atoms with Crippen molar-refractivity contribution in [1.29, 1.82) is 0 Å². The van der Waals surface area contributed by atoms with Crippen molar-refractivity contribution in [3.05, 3.63) is 35.9 Å². The first-order chi connectivity index (χ1) is 7.57. The fourth-order valence-electron chi connectivity index (χ4n) is 1.97. The average Bonchev–Trinajstić information content (AvgIpc) is 2.30. The summed E-state index contributed by atoms with van der Waals surface area (Å²) in [5.74, 6) is 0.641. The molecule has 0 saturated heterocycles. The minimum absolute atomic E-state index is 0.318. The molecular formula is C14H24N2. The zero-order chi connectivity index (χ0) is 12.1. The average molecular weight is 220 g/mol. The molecular weight excluding hydrogens is 196 g/mol. The summed E-state index contributed by atoms with van der Waals surface area (Å²) in [4.78, 5) is 2.38. The fraction of sp³-hybridized carbons (Fsp3) is 0.571. The van der Waals surface area contributed by atoms with Gasteiger partial charge in [0, 0.05) is 18.6 Å². The second-order valence-electron chi connectivity index (χ2n) is 4.81. The molecule has 90 valence electrons. The van der Waals surface area contributed by atoms with Gasteiger partial charge in [-0.05, 0) is 25.5 Å². The molecule has 2 unspecified atom stereocenters. The normalized spacial score (nSPS) is 15.4. The number of likely N-dealkylation sites (N-methyl/N-ethyl adjacent to an activating group) is 1. The van der Waals surface area contributed by atoms with Crippen molar-refractivity contribution in [1.82, 2.24) is 4.90 Å². The van der Waals surface area contributed by atoms with Crippen LogP contribution in [0.4, 0.5) is 0 Å². The van der Waals surface area contributed by atoms with Gasteiger partial charge >= 0.3 is 0 Å². The smallest absolute Gasteiger partial charge is 0.0470 e. The Labute approximate surface area is 99.5 Å². The van der Waals surface area contributed by atoms with Crippen molar-refractivity contribution in [3.63, 3.8) is 0 Å². The van der Waals surface area contributed by atoms with Crippen LogP contribution in [0.5, 0.6) is 0 Å². The van der Waals surface area contributed by atoms with Crippen LogP contribution in [0.25, 0.3) is 0 Å². The summed E-state index contributed by atoms with van der Waals surface area (Å²) in [6, 6.07) is 11.4. The lowest BCUT2D eigenvalue weighted by Gasteiger charge is -2.35. The van der Waals surface area contributed by atoms with Crippen molar-refractivity contribution in [2.24, 2.45) is 11.7 Å². The van der Waals surface area contributed by atoms with E-state index < -0.39 is 0 Å². The summed E-state index contributed by atoms with van der Waals surface area (Å²) in [5.41, 5.74) is 7.21. The molecule has 0 aliphatic carbocycles. The van der Waals surface area contributed by atoms with Crippen LogP contribution in [0.2, 0.25) is 0 Å². The summed E-state index contributed by atoms with van der Waals surface area (Å²) < 4.78 is 0. The molecule has 1 aromatic carbocycles. The molecule has 0 aliphatic rings. The van der Waals surface area contributed by atoms with Gasteiger partial charge in [0.05, 0.1) is 0 Å². The van der Waals surface area contributed by atoms with Gasteiger partial charge in [0.2, 0.25) is 0 Å². The van der Waals surface area contributed by atoms with E-state index in [0.29, 0.717) is 24.5 Å². The van der Waals surface area contributed by atoms with Crippen molar-refractivity contribution < 1.29 is 0 Å². The minimum atomic E-state index is 0.318. The molecule has 1 aromatic rings. The number of nitrogens with two attached hydrogens (primary N) is 1. The van der Waals surface area contributed by atoms with Crippen LogP contribution < -0.4 is 5.73 Å².